The van der Waals surface area contributed by atoms with Gasteiger partial charge in [0.05, 0.1) is 0 Å². The average Bonchev–Trinajstić information content (AvgIpc) is 3.65. The lowest BCUT2D eigenvalue weighted by molar-refractivity contribution is 0.156. The van der Waals surface area contributed by atoms with Crippen LogP contribution in [0, 0.1) is 11.8 Å². The topological polar surface area (TPSA) is 9.72 Å². The van der Waals surface area contributed by atoms with Crippen LogP contribution in [0.2, 0.25) is 0 Å². The van der Waals surface area contributed by atoms with Gasteiger partial charge in [0.1, 0.15) is 0 Å². The lowest BCUT2D eigenvalue weighted by Crippen LogP contribution is -2.37. The van der Waals surface area contributed by atoms with E-state index in [2.05, 4.69) is 84.3 Å². The van der Waals surface area contributed by atoms with E-state index in [1.54, 1.807) is 0 Å². The Morgan fingerprint density at radius 1 is 0.618 bits per heavy atom. The van der Waals surface area contributed by atoms with Crippen molar-refractivity contribution in [3.05, 3.63) is 0 Å². The average molecular weight is 488 g/mol. The number of rotatable bonds is 11. The van der Waals surface area contributed by atoms with Crippen LogP contribution in [0.4, 0.5) is 0 Å². The fourth-order valence-corrected chi connectivity index (χ4v) is 2.95. The molecule has 2 aliphatic carbocycles. The summed E-state index contributed by atoms with van der Waals surface area (Å²) in [4.78, 5) is 7.14. The molecule has 0 unspecified atom stereocenters. The van der Waals surface area contributed by atoms with Gasteiger partial charge in [-0.15, -0.1) is 0 Å². The van der Waals surface area contributed by atoms with Gasteiger partial charge in [0.2, 0.25) is 0 Å². The minimum atomic E-state index is 0.845. The second-order valence-corrected chi connectivity index (χ2v) is 10.3. The maximum Gasteiger partial charge on any atom is 0.00922 e. The third-order valence-corrected chi connectivity index (χ3v) is 5.84. The maximum atomic E-state index is 2.55. The van der Waals surface area contributed by atoms with Crippen LogP contribution in [0.25, 0.3) is 0 Å². The van der Waals surface area contributed by atoms with Crippen molar-refractivity contribution < 1.29 is 0 Å². The van der Waals surface area contributed by atoms with Gasteiger partial charge in [-0.3, -0.25) is 0 Å². The summed E-state index contributed by atoms with van der Waals surface area (Å²) in [5.41, 5.74) is 0. The Balaban J connectivity index is -0.000000179. The highest BCUT2D eigenvalue weighted by atomic mass is 15.1. The second kappa shape index (κ2) is 32.9. The zero-order valence-electron chi connectivity index (χ0n) is 27.0. The first-order valence-electron chi connectivity index (χ1n) is 15.2. The van der Waals surface area contributed by atoms with E-state index in [0.717, 1.165) is 17.9 Å². The monoisotopic (exact) mass is 488 g/mol. The van der Waals surface area contributed by atoms with Crippen molar-refractivity contribution in [2.24, 2.45) is 11.8 Å². The largest absolute Gasteiger partial charge is 0.309 e. The van der Waals surface area contributed by atoms with Gasteiger partial charge in [0, 0.05) is 6.04 Å². The van der Waals surface area contributed by atoms with Crippen LogP contribution >= 0.6 is 0 Å². The van der Waals surface area contributed by atoms with Crippen molar-refractivity contribution in [2.45, 2.75) is 140 Å². The van der Waals surface area contributed by atoms with Gasteiger partial charge in [0.25, 0.3) is 0 Å². The summed E-state index contributed by atoms with van der Waals surface area (Å²) >= 11 is 0. The van der Waals surface area contributed by atoms with Gasteiger partial charge in [-0.2, -0.15) is 0 Å². The molecule has 34 heavy (non-hydrogen) atoms. The SMILES string of the molecule is C1CC1.CC.CC.CC(C)CCCN(C)C1CCC1.CC(C)CCN(C)C.CCN(CC)CC. The number of nitrogens with zero attached hydrogens (tertiary/aromatic N) is 3. The molecule has 2 saturated carbocycles. The summed E-state index contributed by atoms with van der Waals surface area (Å²) in [7, 11) is 6.51. The van der Waals surface area contributed by atoms with Crippen LogP contribution < -0.4 is 0 Å². The van der Waals surface area contributed by atoms with Crippen molar-refractivity contribution in [1.82, 2.24) is 14.7 Å². The maximum absolute atomic E-state index is 2.55. The Hall–Kier alpha value is -0.120. The molecular weight excluding hydrogens is 414 g/mol. The Morgan fingerprint density at radius 3 is 1.21 bits per heavy atom. The quantitative estimate of drug-likeness (QED) is 0.288. The lowest BCUT2D eigenvalue weighted by Gasteiger charge is -2.34. The molecule has 0 aromatic rings. The molecule has 0 atom stereocenters. The molecule has 0 spiro atoms. The van der Waals surface area contributed by atoms with Crippen LogP contribution in [0.15, 0.2) is 0 Å². The third-order valence-electron chi connectivity index (χ3n) is 5.84. The predicted molar refractivity (Wildman–Crippen MR) is 162 cm³/mol. The van der Waals surface area contributed by atoms with Gasteiger partial charge in [0.15, 0.2) is 0 Å². The Kier molecular flexibility index (Phi) is 39.7. The second-order valence-electron chi connectivity index (χ2n) is 10.3. The van der Waals surface area contributed by atoms with Crippen molar-refractivity contribution in [2.75, 3.05) is 53.9 Å². The third kappa shape index (κ3) is 39.1. The minimum absolute atomic E-state index is 0.845. The highest BCUT2D eigenvalue weighted by Gasteiger charge is 2.21. The predicted octanol–water partition coefficient (Wildman–Crippen LogP) is 9.07. The van der Waals surface area contributed by atoms with Crippen LogP contribution in [0.5, 0.6) is 0 Å². The molecule has 3 nitrogen and oxygen atoms in total. The molecule has 2 fully saturated rings. The van der Waals surface area contributed by atoms with E-state index in [0.29, 0.717) is 0 Å². The van der Waals surface area contributed by atoms with E-state index in [1.807, 2.05) is 27.7 Å². The summed E-state index contributed by atoms with van der Waals surface area (Å²) in [6.07, 6.45) is 12.9. The van der Waals surface area contributed by atoms with E-state index in [1.165, 1.54) is 90.5 Å². The first-order chi connectivity index (χ1) is 16.2. The van der Waals surface area contributed by atoms with Crippen molar-refractivity contribution >= 4 is 0 Å². The first-order valence-corrected chi connectivity index (χ1v) is 15.2. The van der Waals surface area contributed by atoms with Gasteiger partial charge < -0.3 is 14.7 Å². The molecule has 0 aromatic heterocycles. The van der Waals surface area contributed by atoms with Gasteiger partial charge in [-0.25, -0.2) is 0 Å². The molecule has 0 aliphatic heterocycles. The van der Waals surface area contributed by atoms with Crippen LogP contribution in [0.3, 0.4) is 0 Å². The molecule has 0 amide bonds. The number of hydrogen-bond donors (Lipinski definition) is 0. The molecule has 3 heteroatoms. The molecule has 0 N–H and O–H groups in total. The Labute approximate surface area is 220 Å². The minimum Gasteiger partial charge on any atom is -0.309 e. The summed E-state index contributed by atoms with van der Waals surface area (Å²) < 4.78 is 0. The summed E-state index contributed by atoms with van der Waals surface area (Å²) in [6, 6.07) is 0.928. The van der Waals surface area contributed by atoms with Crippen LogP contribution in [-0.4, -0.2) is 74.6 Å². The Bertz CT molecular complexity index is 302. The summed E-state index contributed by atoms with van der Waals surface area (Å²) in [5.74, 6) is 1.72. The lowest BCUT2D eigenvalue weighted by atomic mass is 9.91. The van der Waals surface area contributed by atoms with E-state index in [4.69, 9.17) is 0 Å². The molecule has 2 rings (SSSR count). The highest BCUT2D eigenvalue weighted by Crippen LogP contribution is 2.23. The standard InChI is InChI=1S/C11H23N.C7H17N.C6H15N.C3H6.2C2H6/c1-10(2)6-5-9-12(3)11-7-4-8-11;1-7(2)5-6-8(3)4;1-4-7(5-2)6-3;1-2-3-1;2*1-2/h10-11H,4-9H2,1-3H3;7H,5-6H2,1-4H3;4-6H2,1-3H3;1-3H2;2*1-2H3. The smallest absolute Gasteiger partial charge is 0.00922 e. The van der Waals surface area contributed by atoms with E-state index in [9.17, 15) is 0 Å². The first kappa shape index (κ1) is 41.0. The van der Waals surface area contributed by atoms with Gasteiger partial charge in [-0.1, -0.05) is 102 Å². The number of hydrogen-bond acceptors (Lipinski definition) is 3. The van der Waals surface area contributed by atoms with E-state index >= 15 is 0 Å². The summed E-state index contributed by atoms with van der Waals surface area (Å²) in [5, 5.41) is 0. The molecule has 0 heterocycles. The molecule has 0 aromatic carbocycles. The zero-order chi connectivity index (χ0) is 27.4. The molecule has 212 valence electrons. The summed E-state index contributed by atoms with van der Waals surface area (Å²) in [6.45, 7) is 29.8. The van der Waals surface area contributed by atoms with Gasteiger partial charge >= 0.3 is 0 Å². The van der Waals surface area contributed by atoms with Crippen molar-refractivity contribution in [3.8, 4) is 0 Å². The van der Waals surface area contributed by atoms with Crippen LogP contribution in [0.1, 0.15) is 134 Å². The highest BCUT2D eigenvalue weighted by molar-refractivity contribution is 4.77. The van der Waals surface area contributed by atoms with Crippen molar-refractivity contribution in [3.63, 3.8) is 0 Å². The van der Waals surface area contributed by atoms with E-state index < -0.39 is 0 Å². The zero-order valence-corrected chi connectivity index (χ0v) is 27.0. The Morgan fingerprint density at radius 2 is 1.03 bits per heavy atom. The van der Waals surface area contributed by atoms with Crippen molar-refractivity contribution in [1.29, 1.82) is 0 Å². The molecular formula is C31H73N3. The molecule has 2 aliphatic rings. The van der Waals surface area contributed by atoms with E-state index in [-0.39, 0.29) is 0 Å². The molecule has 0 saturated heterocycles. The molecule has 0 radical (unpaired) electrons. The normalized spacial score (nSPS) is 13.9. The fraction of sp³-hybridized carbons (Fsp3) is 1.00. The van der Waals surface area contributed by atoms with Crippen LogP contribution in [-0.2, 0) is 0 Å². The van der Waals surface area contributed by atoms with Gasteiger partial charge in [-0.05, 0) is 97.8 Å². The molecule has 0 bridgehead atoms. The fourth-order valence-electron chi connectivity index (χ4n) is 2.95.